The molecule has 0 aliphatic heterocycles. The van der Waals surface area contributed by atoms with Crippen molar-refractivity contribution in [3.63, 3.8) is 0 Å². The molecule has 1 N–H and O–H groups in total. The Bertz CT molecular complexity index is 568. The highest BCUT2D eigenvalue weighted by Crippen LogP contribution is 2.21. The summed E-state index contributed by atoms with van der Waals surface area (Å²) in [4.78, 5) is 0. The maximum Gasteiger partial charge on any atom is 0.0865 e. The van der Waals surface area contributed by atoms with Crippen molar-refractivity contribution in [2.75, 3.05) is 6.54 Å². The number of halogens is 1. The average Bonchev–Trinajstić information content (AvgIpc) is 2.90. The summed E-state index contributed by atoms with van der Waals surface area (Å²) in [7, 11) is 1.94. The van der Waals surface area contributed by atoms with E-state index in [0.29, 0.717) is 5.92 Å². The van der Waals surface area contributed by atoms with Crippen LogP contribution in [0.2, 0.25) is 5.02 Å². The van der Waals surface area contributed by atoms with E-state index in [4.69, 9.17) is 11.6 Å². The molecule has 0 fully saturated rings. The van der Waals surface area contributed by atoms with E-state index in [1.54, 1.807) is 0 Å². The molecule has 0 bridgehead atoms. The third-order valence-corrected chi connectivity index (χ3v) is 3.86. The number of aromatic nitrogens is 3. The zero-order chi connectivity index (χ0) is 14.7. The molecule has 0 unspecified atom stereocenters. The maximum absolute atomic E-state index is 6.32. The lowest BCUT2D eigenvalue weighted by molar-refractivity contribution is 0.536. The highest BCUT2D eigenvalue weighted by Gasteiger charge is 2.12. The van der Waals surface area contributed by atoms with Gasteiger partial charge < -0.3 is 9.88 Å². The molecular weight excluding hydrogens is 272 g/mol. The van der Waals surface area contributed by atoms with Crippen molar-refractivity contribution < 1.29 is 0 Å². The molecule has 0 atom stereocenters. The topological polar surface area (TPSA) is 34.8 Å². The summed E-state index contributed by atoms with van der Waals surface area (Å²) in [6.07, 6.45) is 2.09. The number of rotatable bonds is 6. The molecule has 20 heavy (non-hydrogen) atoms. The molecule has 2 aromatic heterocycles. The highest BCUT2D eigenvalue weighted by molar-refractivity contribution is 6.31. The fraction of sp³-hybridized carbons (Fsp3) is 0.533. The normalized spacial score (nSPS) is 11.5. The van der Waals surface area contributed by atoms with Crippen LogP contribution < -0.4 is 5.32 Å². The van der Waals surface area contributed by atoms with Crippen molar-refractivity contribution in [1.82, 2.24) is 19.7 Å². The molecule has 2 aromatic rings. The molecule has 0 radical (unpaired) electrons. The second-order valence-electron chi connectivity index (χ2n) is 5.62. The smallest absolute Gasteiger partial charge is 0.0865 e. The molecule has 2 rings (SSSR count). The maximum atomic E-state index is 6.32. The van der Waals surface area contributed by atoms with Gasteiger partial charge in [0, 0.05) is 25.5 Å². The van der Waals surface area contributed by atoms with Crippen molar-refractivity contribution in [3.8, 4) is 0 Å². The van der Waals surface area contributed by atoms with Crippen LogP contribution in [0.4, 0.5) is 0 Å². The van der Waals surface area contributed by atoms with Gasteiger partial charge in [-0.2, -0.15) is 5.10 Å². The zero-order valence-electron chi connectivity index (χ0n) is 12.7. The molecule has 0 spiro atoms. The van der Waals surface area contributed by atoms with Crippen LogP contribution in [0.15, 0.2) is 18.3 Å². The first-order chi connectivity index (χ1) is 9.49. The third kappa shape index (κ3) is 3.44. The first kappa shape index (κ1) is 15.1. The van der Waals surface area contributed by atoms with E-state index in [1.165, 1.54) is 5.69 Å². The van der Waals surface area contributed by atoms with Gasteiger partial charge in [-0.3, -0.25) is 4.68 Å². The lowest BCUT2D eigenvalue weighted by Crippen LogP contribution is -2.21. The molecule has 0 saturated carbocycles. The second-order valence-corrected chi connectivity index (χ2v) is 6.00. The van der Waals surface area contributed by atoms with Gasteiger partial charge in [0.15, 0.2) is 0 Å². The van der Waals surface area contributed by atoms with Gasteiger partial charge in [0.1, 0.15) is 0 Å². The highest BCUT2D eigenvalue weighted by atomic mass is 35.5. The van der Waals surface area contributed by atoms with Gasteiger partial charge in [-0.05, 0) is 31.5 Å². The van der Waals surface area contributed by atoms with E-state index < -0.39 is 0 Å². The Morgan fingerprint density at radius 2 is 2.15 bits per heavy atom. The first-order valence-corrected chi connectivity index (χ1v) is 7.39. The predicted molar refractivity (Wildman–Crippen MR) is 83.0 cm³/mol. The summed E-state index contributed by atoms with van der Waals surface area (Å²) < 4.78 is 4.08. The predicted octanol–water partition coefficient (Wildman–Crippen LogP) is 2.98. The summed E-state index contributed by atoms with van der Waals surface area (Å²) in [5, 5.41) is 8.60. The average molecular weight is 295 g/mol. The Hall–Kier alpha value is -1.26. The Kier molecular flexibility index (Phi) is 4.89. The largest absolute Gasteiger partial charge is 0.344 e. The molecule has 0 aliphatic rings. The van der Waals surface area contributed by atoms with E-state index in [9.17, 15) is 0 Å². The molecule has 4 nitrogen and oxygen atoms in total. The Labute approximate surface area is 125 Å². The minimum absolute atomic E-state index is 0.660. The van der Waals surface area contributed by atoms with E-state index in [2.05, 4.69) is 47.2 Å². The molecule has 110 valence electrons. The lowest BCUT2D eigenvalue weighted by atomic mass is 10.2. The first-order valence-electron chi connectivity index (χ1n) is 7.01. The van der Waals surface area contributed by atoms with Gasteiger partial charge in [-0.25, -0.2) is 0 Å². The third-order valence-electron chi connectivity index (χ3n) is 3.36. The minimum atomic E-state index is 0.660. The summed E-state index contributed by atoms with van der Waals surface area (Å²) >= 11 is 6.32. The van der Waals surface area contributed by atoms with Gasteiger partial charge in [-0.1, -0.05) is 25.4 Å². The molecule has 0 aromatic carbocycles. The van der Waals surface area contributed by atoms with Crippen molar-refractivity contribution in [3.05, 3.63) is 40.4 Å². The lowest BCUT2D eigenvalue weighted by Gasteiger charge is -2.12. The number of nitrogens with zero attached hydrogens (tertiary/aromatic N) is 3. The van der Waals surface area contributed by atoms with Gasteiger partial charge in [-0.15, -0.1) is 0 Å². The van der Waals surface area contributed by atoms with Crippen molar-refractivity contribution >= 4 is 11.6 Å². The summed E-state index contributed by atoms with van der Waals surface area (Å²) in [6, 6.07) is 4.22. The Balaban J connectivity index is 2.08. The summed E-state index contributed by atoms with van der Waals surface area (Å²) in [5.74, 6) is 0.660. The molecular formula is C15H23ClN4. The van der Waals surface area contributed by atoms with E-state index in [0.717, 1.165) is 36.0 Å². The standard InChI is InChI=1S/C15H23ClN4/c1-11(2)8-17-9-13-6-5-7-20(13)10-14-15(16)12(3)18-19(14)4/h5-7,11,17H,8-10H2,1-4H3. The van der Waals surface area contributed by atoms with E-state index in [1.807, 2.05) is 18.7 Å². The van der Waals surface area contributed by atoms with Crippen LogP contribution in [0.1, 0.15) is 30.9 Å². The fourth-order valence-electron chi connectivity index (χ4n) is 2.27. The van der Waals surface area contributed by atoms with Crippen LogP contribution in [0, 0.1) is 12.8 Å². The molecule has 5 heteroatoms. The molecule has 0 aliphatic carbocycles. The monoisotopic (exact) mass is 294 g/mol. The van der Waals surface area contributed by atoms with Crippen LogP contribution in [0.25, 0.3) is 0 Å². The quantitative estimate of drug-likeness (QED) is 0.889. The van der Waals surface area contributed by atoms with Crippen LogP contribution in [0.3, 0.4) is 0 Å². The number of aryl methyl sites for hydroxylation is 2. The van der Waals surface area contributed by atoms with Crippen molar-refractivity contribution in [2.45, 2.75) is 33.9 Å². The molecule has 2 heterocycles. The number of hydrogen-bond acceptors (Lipinski definition) is 2. The summed E-state index contributed by atoms with van der Waals surface area (Å²) in [5.41, 5.74) is 3.20. The van der Waals surface area contributed by atoms with E-state index in [-0.39, 0.29) is 0 Å². The van der Waals surface area contributed by atoms with E-state index >= 15 is 0 Å². The van der Waals surface area contributed by atoms with Crippen LogP contribution in [-0.4, -0.2) is 20.9 Å². The molecule has 0 amide bonds. The Morgan fingerprint density at radius 1 is 1.40 bits per heavy atom. The fourth-order valence-corrected chi connectivity index (χ4v) is 2.49. The summed E-state index contributed by atoms with van der Waals surface area (Å²) in [6.45, 7) is 9.01. The van der Waals surface area contributed by atoms with Gasteiger partial charge in [0.25, 0.3) is 0 Å². The van der Waals surface area contributed by atoms with Gasteiger partial charge in [0.2, 0.25) is 0 Å². The van der Waals surface area contributed by atoms with Crippen molar-refractivity contribution in [2.24, 2.45) is 13.0 Å². The SMILES string of the molecule is Cc1nn(C)c(Cn2cccc2CNCC(C)C)c1Cl. The Morgan fingerprint density at radius 3 is 2.75 bits per heavy atom. The number of hydrogen-bond donors (Lipinski definition) is 1. The number of nitrogens with one attached hydrogen (secondary N) is 1. The van der Waals surface area contributed by atoms with Crippen molar-refractivity contribution in [1.29, 1.82) is 0 Å². The molecule has 0 saturated heterocycles. The van der Waals surface area contributed by atoms with Crippen LogP contribution in [0.5, 0.6) is 0 Å². The van der Waals surface area contributed by atoms with Crippen LogP contribution in [-0.2, 0) is 20.1 Å². The van der Waals surface area contributed by atoms with Gasteiger partial charge in [0.05, 0.1) is 23.0 Å². The zero-order valence-corrected chi connectivity index (χ0v) is 13.4. The van der Waals surface area contributed by atoms with Crippen LogP contribution >= 0.6 is 11.6 Å². The second kappa shape index (κ2) is 6.46. The van der Waals surface area contributed by atoms with Gasteiger partial charge >= 0.3 is 0 Å². The minimum Gasteiger partial charge on any atom is -0.344 e.